The summed E-state index contributed by atoms with van der Waals surface area (Å²) in [5, 5.41) is 9.58. The summed E-state index contributed by atoms with van der Waals surface area (Å²) in [6.07, 6.45) is 0.0625. The van der Waals surface area contributed by atoms with Gasteiger partial charge in [-0.15, -0.1) is 11.3 Å². The van der Waals surface area contributed by atoms with Gasteiger partial charge in [-0.3, -0.25) is 14.0 Å². The smallest absolute Gasteiger partial charge is 0.268 e. The summed E-state index contributed by atoms with van der Waals surface area (Å²) in [5.41, 5.74) is 9.24. The summed E-state index contributed by atoms with van der Waals surface area (Å²) >= 11 is 1.35. The lowest BCUT2D eigenvalue weighted by molar-refractivity contribution is -0.115. The van der Waals surface area contributed by atoms with E-state index < -0.39 is 0 Å². The van der Waals surface area contributed by atoms with Crippen LogP contribution in [0.15, 0.2) is 52.6 Å². The molecule has 7 nitrogen and oxygen atoms in total. The molecular formula is C29H29N5O2S. The van der Waals surface area contributed by atoms with Crippen LogP contribution in [0.4, 0.5) is 5.69 Å². The maximum absolute atomic E-state index is 13.8. The summed E-state index contributed by atoms with van der Waals surface area (Å²) in [5.74, 6) is -0.188. The van der Waals surface area contributed by atoms with Crippen LogP contribution in [0.1, 0.15) is 39.3 Å². The fourth-order valence-electron chi connectivity index (χ4n) is 4.52. The van der Waals surface area contributed by atoms with Gasteiger partial charge in [-0.2, -0.15) is 5.10 Å². The van der Waals surface area contributed by atoms with E-state index in [0.29, 0.717) is 27.6 Å². The third kappa shape index (κ3) is 4.49. The summed E-state index contributed by atoms with van der Waals surface area (Å²) in [4.78, 5) is 31.9. The third-order valence-corrected chi connectivity index (χ3v) is 7.78. The Morgan fingerprint density at radius 2 is 1.76 bits per heavy atom. The van der Waals surface area contributed by atoms with Crippen LogP contribution in [0.5, 0.6) is 0 Å². The van der Waals surface area contributed by atoms with Crippen molar-refractivity contribution < 1.29 is 4.79 Å². The average molecular weight is 512 g/mol. The second-order valence-corrected chi connectivity index (χ2v) is 10.4. The van der Waals surface area contributed by atoms with Crippen molar-refractivity contribution in [2.24, 2.45) is 0 Å². The first-order chi connectivity index (χ1) is 17.6. The normalized spacial score (nSPS) is 11.3. The van der Waals surface area contributed by atoms with E-state index in [4.69, 9.17) is 5.10 Å². The number of carbonyl (C=O) groups is 1. The quantitative estimate of drug-likeness (QED) is 0.331. The van der Waals surface area contributed by atoms with Gasteiger partial charge in [0.05, 0.1) is 23.4 Å². The van der Waals surface area contributed by atoms with E-state index >= 15 is 0 Å². The minimum Gasteiger partial charge on any atom is -0.326 e. The van der Waals surface area contributed by atoms with Crippen molar-refractivity contribution in [3.8, 4) is 16.9 Å². The number of hydrogen-bond acceptors (Lipinski definition) is 5. The Kier molecular flexibility index (Phi) is 6.29. The Balaban J connectivity index is 1.52. The monoisotopic (exact) mass is 511 g/mol. The molecule has 188 valence electrons. The zero-order chi connectivity index (χ0) is 26.4. The molecule has 5 aromatic rings. The van der Waals surface area contributed by atoms with Crippen LogP contribution >= 0.6 is 11.3 Å². The van der Waals surface area contributed by atoms with Crippen LogP contribution in [-0.2, 0) is 11.2 Å². The second kappa shape index (κ2) is 9.44. The number of anilines is 1. The molecule has 37 heavy (non-hydrogen) atoms. The van der Waals surface area contributed by atoms with E-state index in [9.17, 15) is 9.59 Å². The minimum absolute atomic E-state index is 0.0625. The van der Waals surface area contributed by atoms with Crippen LogP contribution in [0.2, 0.25) is 0 Å². The van der Waals surface area contributed by atoms with E-state index in [1.807, 2.05) is 74.2 Å². The van der Waals surface area contributed by atoms with Gasteiger partial charge in [0, 0.05) is 22.5 Å². The summed E-state index contributed by atoms with van der Waals surface area (Å²) in [6, 6.07) is 13.8. The van der Waals surface area contributed by atoms with Gasteiger partial charge in [0.15, 0.2) is 4.96 Å². The van der Waals surface area contributed by atoms with Gasteiger partial charge in [-0.05, 0) is 88.1 Å². The lowest BCUT2D eigenvalue weighted by Gasteiger charge is -2.10. The molecule has 0 saturated heterocycles. The van der Waals surface area contributed by atoms with Crippen molar-refractivity contribution in [3.63, 3.8) is 0 Å². The molecule has 0 aliphatic rings. The van der Waals surface area contributed by atoms with Crippen molar-refractivity contribution >= 4 is 27.9 Å². The number of rotatable bonds is 5. The fourth-order valence-corrected chi connectivity index (χ4v) is 5.44. The molecule has 2 aromatic carbocycles. The first kappa shape index (κ1) is 24.6. The molecule has 5 rings (SSSR count). The number of nitrogens with one attached hydrogen (secondary N) is 1. The first-order valence-corrected chi connectivity index (χ1v) is 13.0. The minimum atomic E-state index is -0.219. The highest BCUT2D eigenvalue weighted by Gasteiger charge is 2.20. The largest absolute Gasteiger partial charge is 0.326 e. The van der Waals surface area contributed by atoms with Crippen LogP contribution in [-0.4, -0.2) is 25.1 Å². The number of fused-ring (bicyclic) bond motifs is 1. The molecule has 3 aromatic heterocycles. The lowest BCUT2D eigenvalue weighted by Crippen LogP contribution is -2.23. The number of nitrogens with zero attached hydrogens (tertiary/aromatic N) is 4. The Labute approximate surface area is 219 Å². The van der Waals surface area contributed by atoms with E-state index in [1.54, 1.807) is 4.40 Å². The predicted octanol–water partition coefficient (Wildman–Crippen LogP) is 5.64. The SMILES string of the molecule is Cc1ccc(NC(=O)Cc2csc3nc(C)c(-c4cc(C)n(-c5cccc(C)c5C)n4)c(=O)n23)cc1C. The maximum Gasteiger partial charge on any atom is 0.268 e. The van der Waals surface area contributed by atoms with Gasteiger partial charge in [0.25, 0.3) is 5.56 Å². The number of benzene rings is 2. The molecule has 0 radical (unpaired) electrons. The molecule has 8 heteroatoms. The van der Waals surface area contributed by atoms with Gasteiger partial charge < -0.3 is 5.32 Å². The number of thiazole rings is 1. The van der Waals surface area contributed by atoms with Crippen LogP contribution in [0.25, 0.3) is 21.9 Å². The topological polar surface area (TPSA) is 81.3 Å². The zero-order valence-electron chi connectivity index (χ0n) is 21.8. The molecule has 0 bridgehead atoms. The highest BCUT2D eigenvalue weighted by atomic mass is 32.1. The summed E-state index contributed by atoms with van der Waals surface area (Å²) in [6.45, 7) is 12.0. The Hall–Kier alpha value is -4.04. The van der Waals surface area contributed by atoms with Crippen molar-refractivity contribution in [3.05, 3.63) is 97.5 Å². The van der Waals surface area contributed by atoms with Crippen LogP contribution in [0, 0.1) is 41.5 Å². The maximum atomic E-state index is 13.8. The molecule has 1 N–H and O–H groups in total. The van der Waals surface area contributed by atoms with Crippen molar-refractivity contribution in [1.82, 2.24) is 19.2 Å². The molecule has 3 heterocycles. The molecule has 0 aliphatic heterocycles. The van der Waals surface area contributed by atoms with Crippen molar-refractivity contribution in [1.29, 1.82) is 0 Å². The summed E-state index contributed by atoms with van der Waals surface area (Å²) < 4.78 is 3.41. The molecule has 0 unspecified atom stereocenters. The van der Waals surface area contributed by atoms with Gasteiger partial charge in [-0.1, -0.05) is 18.2 Å². The van der Waals surface area contributed by atoms with Gasteiger partial charge in [0.1, 0.15) is 5.69 Å². The van der Waals surface area contributed by atoms with E-state index in [0.717, 1.165) is 33.8 Å². The Morgan fingerprint density at radius 3 is 2.51 bits per heavy atom. The lowest BCUT2D eigenvalue weighted by atomic mass is 10.1. The molecule has 0 saturated carbocycles. The first-order valence-electron chi connectivity index (χ1n) is 12.1. The zero-order valence-corrected chi connectivity index (χ0v) is 22.7. The van der Waals surface area contributed by atoms with Gasteiger partial charge in [0.2, 0.25) is 5.91 Å². The van der Waals surface area contributed by atoms with Crippen molar-refractivity contribution in [2.75, 3.05) is 5.32 Å². The number of hydrogen-bond donors (Lipinski definition) is 1. The number of carbonyl (C=O) groups excluding carboxylic acids is 1. The predicted molar refractivity (Wildman–Crippen MR) is 149 cm³/mol. The summed E-state index contributed by atoms with van der Waals surface area (Å²) in [7, 11) is 0. The number of aryl methyl sites for hydroxylation is 5. The molecule has 1 amide bonds. The van der Waals surface area contributed by atoms with Crippen LogP contribution in [0.3, 0.4) is 0 Å². The molecular weight excluding hydrogens is 482 g/mol. The third-order valence-electron chi connectivity index (χ3n) is 6.90. The standard InChI is InChI=1S/C29H29N5O2S/c1-16-10-11-22(12-18(16)3)31-26(35)14-23-15-37-29-30-21(6)27(28(36)33(23)29)24-13-19(4)34(32-24)25-9-7-8-17(2)20(25)5/h7-13,15H,14H2,1-6H3,(H,31,35). The highest BCUT2D eigenvalue weighted by Crippen LogP contribution is 2.25. The van der Waals surface area contributed by atoms with E-state index in [1.165, 1.54) is 16.9 Å². The van der Waals surface area contributed by atoms with Gasteiger partial charge in [-0.25, -0.2) is 9.67 Å². The fraction of sp³-hybridized carbons (Fsp3) is 0.241. The average Bonchev–Trinajstić information content (AvgIpc) is 3.41. The molecule has 0 fully saturated rings. The highest BCUT2D eigenvalue weighted by molar-refractivity contribution is 7.15. The molecule has 0 atom stereocenters. The number of amides is 1. The van der Waals surface area contributed by atoms with E-state index in [-0.39, 0.29) is 17.9 Å². The number of aromatic nitrogens is 4. The van der Waals surface area contributed by atoms with Crippen LogP contribution < -0.4 is 10.9 Å². The van der Waals surface area contributed by atoms with Crippen molar-refractivity contribution in [2.45, 2.75) is 48.0 Å². The van der Waals surface area contributed by atoms with E-state index in [2.05, 4.69) is 30.2 Å². The molecule has 0 spiro atoms. The Bertz CT molecular complexity index is 1740. The Morgan fingerprint density at radius 1 is 0.973 bits per heavy atom. The molecule has 0 aliphatic carbocycles. The second-order valence-electron chi connectivity index (χ2n) is 9.55. The van der Waals surface area contributed by atoms with Gasteiger partial charge >= 0.3 is 0 Å².